The van der Waals surface area contributed by atoms with Gasteiger partial charge in [0.25, 0.3) is 0 Å². The molecule has 1 N–H and O–H groups in total. The summed E-state index contributed by atoms with van der Waals surface area (Å²) < 4.78 is 5.94. The minimum Gasteiger partial charge on any atom is -0.375 e. The summed E-state index contributed by atoms with van der Waals surface area (Å²) >= 11 is 1.78. The van der Waals surface area contributed by atoms with E-state index in [1.54, 1.807) is 11.3 Å². The first kappa shape index (κ1) is 14.4. The Bertz CT molecular complexity index is 421. The van der Waals surface area contributed by atoms with E-state index in [9.17, 15) is 0 Å². The van der Waals surface area contributed by atoms with Crippen LogP contribution >= 0.6 is 11.3 Å². The molecule has 2 atom stereocenters. The van der Waals surface area contributed by atoms with Crippen LogP contribution < -0.4 is 5.32 Å². The van der Waals surface area contributed by atoms with Crippen LogP contribution in [0.4, 0.5) is 0 Å². The fourth-order valence-electron chi connectivity index (χ4n) is 3.32. The molecule has 0 radical (unpaired) electrons. The highest BCUT2D eigenvalue weighted by Gasteiger charge is 2.34. The highest BCUT2D eigenvalue weighted by Crippen LogP contribution is 2.29. The monoisotopic (exact) mass is 295 g/mol. The van der Waals surface area contributed by atoms with Gasteiger partial charge in [-0.15, -0.1) is 11.3 Å². The lowest BCUT2D eigenvalue weighted by molar-refractivity contribution is -0.0914. The number of ether oxygens (including phenoxy) is 1. The van der Waals surface area contributed by atoms with Crippen LogP contribution in [-0.2, 0) is 17.8 Å². The molecule has 1 aliphatic heterocycles. The predicted molar refractivity (Wildman–Crippen MR) is 81.9 cm³/mol. The van der Waals surface area contributed by atoms with E-state index in [4.69, 9.17) is 9.72 Å². The molecule has 0 bridgehead atoms. The molecule has 0 spiro atoms. The number of thiazole rings is 1. The second kappa shape index (κ2) is 6.98. The van der Waals surface area contributed by atoms with E-state index in [-0.39, 0.29) is 0 Å². The summed E-state index contributed by atoms with van der Waals surface area (Å²) in [5.41, 5.74) is 1.23. The normalized spacial score (nSPS) is 27.4. The molecule has 2 fully saturated rings. The van der Waals surface area contributed by atoms with Crippen molar-refractivity contribution in [1.29, 1.82) is 0 Å². The van der Waals surface area contributed by atoms with Crippen LogP contribution in [-0.4, -0.2) is 41.7 Å². The maximum absolute atomic E-state index is 5.94. The molecule has 3 rings (SSSR count). The van der Waals surface area contributed by atoms with E-state index in [0.717, 1.165) is 32.8 Å². The van der Waals surface area contributed by atoms with Crippen LogP contribution in [0.1, 0.15) is 43.3 Å². The lowest BCUT2D eigenvalue weighted by Crippen LogP contribution is -2.52. The third kappa shape index (κ3) is 3.39. The fourth-order valence-corrected chi connectivity index (χ4v) is 4.07. The zero-order chi connectivity index (χ0) is 13.8. The van der Waals surface area contributed by atoms with Crippen molar-refractivity contribution in [3.05, 3.63) is 16.1 Å². The quantitative estimate of drug-likeness (QED) is 0.905. The molecule has 2 heterocycles. The zero-order valence-corrected chi connectivity index (χ0v) is 13.1. The van der Waals surface area contributed by atoms with Gasteiger partial charge in [0.2, 0.25) is 0 Å². The van der Waals surface area contributed by atoms with Gasteiger partial charge in [0, 0.05) is 31.1 Å². The van der Waals surface area contributed by atoms with Gasteiger partial charge in [-0.2, -0.15) is 0 Å². The van der Waals surface area contributed by atoms with E-state index in [2.05, 4.69) is 22.5 Å². The minimum absolute atomic E-state index is 0.470. The lowest BCUT2D eigenvalue weighted by Gasteiger charge is -2.43. The summed E-state index contributed by atoms with van der Waals surface area (Å²) in [4.78, 5) is 7.35. The molecule has 0 amide bonds. The summed E-state index contributed by atoms with van der Waals surface area (Å²) in [7, 11) is 0. The van der Waals surface area contributed by atoms with Crippen molar-refractivity contribution in [3.63, 3.8) is 0 Å². The Morgan fingerprint density at radius 2 is 2.35 bits per heavy atom. The molecular formula is C15H25N3OS. The molecule has 20 heavy (non-hydrogen) atoms. The third-order valence-corrected chi connectivity index (χ3v) is 5.24. The highest BCUT2D eigenvalue weighted by molar-refractivity contribution is 7.09. The molecule has 5 heteroatoms. The number of nitrogens with one attached hydrogen (secondary N) is 1. The van der Waals surface area contributed by atoms with E-state index in [0.29, 0.717) is 12.1 Å². The largest absolute Gasteiger partial charge is 0.375 e. The van der Waals surface area contributed by atoms with Crippen LogP contribution in [0, 0.1) is 0 Å². The minimum atomic E-state index is 0.470. The molecule has 1 aromatic rings. The van der Waals surface area contributed by atoms with Crippen molar-refractivity contribution in [1.82, 2.24) is 15.2 Å². The first-order chi connectivity index (χ1) is 9.86. The number of hydrogen-bond acceptors (Lipinski definition) is 5. The van der Waals surface area contributed by atoms with Crippen molar-refractivity contribution in [2.75, 3.05) is 19.7 Å². The van der Waals surface area contributed by atoms with Gasteiger partial charge in [0.1, 0.15) is 5.01 Å². The second-order valence-corrected chi connectivity index (χ2v) is 6.69. The first-order valence-corrected chi connectivity index (χ1v) is 8.74. The van der Waals surface area contributed by atoms with Crippen LogP contribution in [0.2, 0.25) is 0 Å². The van der Waals surface area contributed by atoms with Gasteiger partial charge in [0.15, 0.2) is 0 Å². The average Bonchev–Trinajstić information content (AvgIpc) is 2.93. The topological polar surface area (TPSA) is 37.4 Å². The van der Waals surface area contributed by atoms with Gasteiger partial charge in [-0.1, -0.05) is 19.8 Å². The van der Waals surface area contributed by atoms with Gasteiger partial charge in [0.05, 0.1) is 18.4 Å². The molecule has 1 aliphatic carbocycles. The number of hydrogen-bond donors (Lipinski definition) is 1. The van der Waals surface area contributed by atoms with Gasteiger partial charge >= 0.3 is 0 Å². The molecule has 4 nitrogen and oxygen atoms in total. The van der Waals surface area contributed by atoms with Crippen LogP contribution in [0.25, 0.3) is 0 Å². The molecular weight excluding hydrogens is 270 g/mol. The standard InChI is InChI=1S/C15H25N3OS/c1-2-16-9-15-17-12(11-20-15)10-18-7-8-19-14-6-4-3-5-13(14)18/h11,13-14,16H,2-10H2,1H3. The maximum atomic E-state index is 5.94. The van der Waals surface area contributed by atoms with Crippen molar-refractivity contribution < 1.29 is 4.74 Å². The van der Waals surface area contributed by atoms with E-state index in [1.807, 2.05) is 0 Å². The summed E-state index contributed by atoms with van der Waals surface area (Å²) in [5, 5.41) is 6.77. The molecule has 1 aromatic heterocycles. The fraction of sp³-hybridized carbons (Fsp3) is 0.800. The summed E-state index contributed by atoms with van der Waals surface area (Å²) in [6.07, 6.45) is 5.68. The Labute approximate surface area is 125 Å². The van der Waals surface area contributed by atoms with Crippen molar-refractivity contribution in [3.8, 4) is 0 Å². The molecule has 1 saturated heterocycles. The summed E-state index contributed by atoms with van der Waals surface area (Å²) in [6.45, 7) is 6.97. The Morgan fingerprint density at radius 1 is 1.45 bits per heavy atom. The second-order valence-electron chi connectivity index (χ2n) is 5.74. The maximum Gasteiger partial charge on any atom is 0.107 e. The van der Waals surface area contributed by atoms with Crippen molar-refractivity contribution in [2.45, 2.75) is 57.8 Å². The van der Waals surface area contributed by atoms with Crippen LogP contribution in [0.15, 0.2) is 5.38 Å². The number of aromatic nitrogens is 1. The zero-order valence-electron chi connectivity index (χ0n) is 12.3. The molecule has 2 unspecified atom stereocenters. The first-order valence-electron chi connectivity index (χ1n) is 7.86. The Morgan fingerprint density at radius 3 is 3.25 bits per heavy atom. The van der Waals surface area contributed by atoms with E-state index < -0.39 is 0 Å². The SMILES string of the molecule is CCNCc1nc(CN2CCOC3CCCCC32)cs1. The molecule has 2 aliphatic rings. The lowest BCUT2D eigenvalue weighted by atomic mass is 9.90. The van der Waals surface area contributed by atoms with Crippen LogP contribution in [0.5, 0.6) is 0 Å². The van der Waals surface area contributed by atoms with Crippen molar-refractivity contribution >= 4 is 11.3 Å². The number of morpholine rings is 1. The van der Waals surface area contributed by atoms with E-state index in [1.165, 1.54) is 36.4 Å². The van der Waals surface area contributed by atoms with Gasteiger partial charge in [-0.3, -0.25) is 4.90 Å². The number of nitrogens with zero attached hydrogens (tertiary/aromatic N) is 2. The molecule has 1 saturated carbocycles. The highest BCUT2D eigenvalue weighted by atomic mass is 32.1. The Hall–Kier alpha value is -0.490. The van der Waals surface area contributed by atoms with Crippen molar-refractivity contribution in [2.24, 2.45) is 0 Å². The third-order valence-electron chi connectivity index (χ3n) is 4.34. The summed E-state index contributed by atoms with van der Waals surface area (Å²) in [6, 6.07) is 0.622. The summed E-state index contributed by atoms with van der Waals surface area (Å²) in [5.74, 6) is 0. The smallest absolute Gasteiger partial charge is 0.107 e. The van der Waals surface area contributed by atoms with E-state index >= 15 is 0 Å². The Balaban J connectivity index is 1.59. The molecule has 112 valence electrons. The van der Waals surface area contributed by atoms with Crippen LogP contribution in [0.3, 0.4) is 0 Å². The molecule has 0 aromatic carbocycles. The Kier molecular flexibility index (Phi) is 5.04. The van der Waals surface area contributed by atoms with Gasteiger partial charge < -0.3 is 10.1 Å². The number of fused-ring (bicyclic) bond motifs is 1. The number of rotatable bonds is 5. The predicted octanol–water partition coefficient (Wildman–Crippen LogP) is 2.40. The van der Waals surface area contributed by atoms with Gasteiger partial charge in [-0.25, -0.2) is 4.98 Å². The van der Waals surface area contributed by atoms with Gasteiger partial charge in [-0.05, 0) is 19.4 Å². The average molecular weight is 295 g/mol.